The molecule has 0 fully saturated rings. The maximum absolute atomic E-state index is 13.4. The lowest BCUT2D eigenvalue weighted by atomic mass is 10.1. The number of carbonyl (C=O) groups is 1. The fourth-order valence-corrected chi connectivity index (χ4v) is 4.42. The lowest BCUT2D eigenvalue weighted by molar-refractivity contribution is -0.114. The number of ether oxygens (including phenoxy) is 1. The van der Waals surface area contributed by atoms with Crippen LogP contribution >= 0.6 is 0 Å². The van der Waals surface area contributed by atoms with Crippen LogP contribution in [-0.2, 0) is 14.8 Å². The molecule has 0 radical (unpaired) electrons. The van der Waals surface area contributed by atoms with Crippen molar-refractivity contribution in [3.05, 3.63) is 83.9 Å². The fraction of sp³-hybridized carbons (Fsp3) is 0.174. The van der Waals surface area contributed by atoms with E-state index in [4.69, 9.17) is 4.74 Å². The summed E-state index contributed by atoms with van der Waals surface area (Å²) in [4.78, 5) is 12.9. The van der Waals surface area contributed by atoms with Crippen molar-refractivity contribution < 1.29 is 17.9 Å². The van der Waals surface area contributed by atoms with E-state index in [1.54, 1.807) is 54.6 Å². The molecule has 3 rings (SSSR count). The summed E-state index contributed by atoms with van der Waals surface area (Å²) >= 11 is 0. The first-order valence-electron chi connectivity index (χ1n) is 9.41. The van der Waals surface area contributed by atoms with E-state index in [1.807, 2.05) is 19.9 Å². The third-order valence-corrected chi connectivity index (χ3v) is 6.57. The van der Waals surface area contributed by atoms with Crippen molar-refractivity contribution in [3.8, 4) is 5.75 Å². The number of para-hydroxylation sites is 2. The summed E-state index contributed by atoms with van der Waals surface area (Å²) in [7, 11) is -2.44. The molecule has 1 amide bonds. The predicted octanol–water partition coefficient (Wildman–Crippen LogP) is 4.15. The lowest BCUT2D eigenvalue weighted by Gasteiger charge is -2.25. The van der Waals surface area contributed by atoms with Crippen LogP contribution in [0.15, 0.2) is 77.7 Å². The summed E-state index contributed by atoms with van der Waals surface area (Å²) in [5.41, 5.74) is 2.87. The van der Waals surface area contributed by atoms with E-state index in [0.717, 1.165) is 15.4 Å². The van der Waals surface area contributed by atoms with Gasteiger partial charge in [0.25, 0.3) is 10.0 Å². The molecular weight excluding hydrogens is 400 g/mol. The van der Waals surface area contributed by atoms with Crippen molar-refractivity contribution in [1.82, 2.24) is 0 Å². The molecule has 0 spiro atoms. The molecule has 0 aliphatic carbocycles. The van der Waals surface area contributed by atoms with Gasteiger partial charge in [-0.3, -0.25) is 9.10 Å². The first-order chi connectivity index (χ1) is 14.3. The number of carbonyl (C=O) groups excluding carboxylic acids is 1. The zero-order valence-corrected chi connectivity index (χ0v) is 17.9. The Morgan fingerprint density at radius 2 is 1.60 bits per heavy atom. The molecule has 0 bridgehead atoms. The Morgan fingerprint density at radius 1 is 0.933 bits per heavy atom. The van der Waals surface area contributed by atoms with E-state index in [-0.39, 0.29) is 11.4 Å². The minimum Gasteiger partial charge on any atom is -0.495 e. The quantitative estimate of drug-likeness (QED) is 0.618. The summed E-state index contributed by atoms with van der Waals surface area (Å²) in [6.45, 7) is 3.47. The molecule has 7 heteroatoms. The minimum absolute atomic E-state index is 0.119. The van der Waals surface area contributed by atoms with E-state index in [1.165, 1.54) is 19.2 Å². The number of anilines is 2. The van der Waals surface area contributed by atoms with Crippen molar-refractivity contribution in [1.29, 1.82) is 0 Å². The average Bonchev–Trinajstić information content (AvgIpc) is 2.75. The van der Waals surface area contributed by atoms with E-state index in [0.29, 0.717) is 17.1 Å². The summed E-state index contributed by atoms with van der Waals surface area (Å²) in [5.74, 6) is 0.0201. The van der Waals surface area contributed by atoms with Crippen LogP contribution in [0.25, 0.3) is 0 Å². The van der Waals surface area contributed by atoms with Gasteiger partial charge in [-0.05, 0) is 61.4 Å². The second-order valence-corrected chi connectivity index (χ2v) is 8.70. The number of methoxy groups -OCH3 is 1. The Bertz CT molecular complexity index is 1140. The Hall–Kier alpha value is -3.32. The molecule has 3 aromatic rings. The van der Waals surface area contributed by atoms with Crippen LogP contribution in [0.5, 0.6) is 5.75 Å². The van der Waals surface area contributed by atoms with E-state index < -0.39 is 15.9 Å². The van der Waals surface area contributed by atoms with Crippen LogP contribution in [-0.4, -0.2) is 28.0 Å². The van der Waals surface area contributed by atoms with Gasteiger partial charge in [-0.2, -0.15) is 0 Å². The van der Waals surface area contributed by atoms with Gasteiger partial charge in [-0.25, -0.2) is 8.42 Å². The molecule has 0 saturated heterocycles. The Labute approximate surface area is 177 Å². The van der Waals surface area contributed by atoms with Gasteiger partial charge in [0.2, 0.25) is 5.91 Å². The average molecular weight is 425 g/mol. The molecule has 6 nitrogen and oxygen atoms in total. The van der Waals surface area contributed by atoms with Gasteiger partial charge in [0.1, 0.15) is 12.3 Å². The number of amides is 1. The first-order valence-corrected chi connectivity index (χ1v) is 10.8. The van der Waals surface area contributed by atoms with Crippen LogP contribution in [0.2, 0.25) is 0 Å². The molecule has 1 N–H and O–H groups in total. The smallest absolute Gasteiger partial charge is 0.264 e. The number of sulfonamides is 1. The van der Waals surface area contributed by atoms with Crippen molar-refractivity contribution >= 4 is 27.3 Å². The van der Waals surface area contributed by atoms with Crippen molar-refractivity contribution in [3.63, 3.8) is 0 Å². The van der Waals surface area contributed by atoms with Gasteiger partial charge < -0.3 is 10.1 Å². The van der Waals surface area contributed by atoms with Gasteiger partial charge in [-0.15, -0.1) is 0 Å². The monoisotopic (exact) mass is 424 g/mol. The number of hydrogen-bond acceptors (Lipinski definition) is 4. The molecule has 3 aromatic carbocycles. The van der Waals surface area contributed by atoms with Gasteiger partial charge >= 0.3 is 0 Å². The van der Waals surface area contributed by atoms with Crippen LogP contribution in [0, 0.1) is 13.8 Å². The van der Waals surface area contributed by atoms with E-state index in [2.05, 4.69) is 5.32 Å². The van der Waals surface area contributed by atoms with Crippen LogP contribution in [0.1, 0.15) is 11.1 Å². The third-order valence-electron chi connectivity index (χ3n) is 4.78. The molecule has 0 heterocycles. The maximum atomic E-state index is 13.4. The number of nitrogens with zero attached hydrogens (tertiary/aromatic N) is 1. The van der Waals surface area contributed by atoms with Crippen LogP contribution < -0.4 is 14.4 Å². The number of nitrogens with one attached hydrogen (secondary N) is 1. The van der Waals surface area contributed by atoms with Crippen molar-refractivity contribution in [2.45, 2.75) is 18.7 Å². The van der Waals surface area contributed by atoms with Crippen LogP contribution in [0.4, 0.5) is 11.4 Å². The molecule has 0 atom stereocenters. The molecule has 0 saturated carbocycles. The molecule has 0 aliphatic rings. The van der Waals surface area contributed by atoms with Crippen LogP contribution in [0.3, 0.4) is 0 Å². The van der Waals surface area contributed by atoms with E-state index in [9.17, 15) is 13.2 Å². The topological polar surface area (TPSA) is 75.7 Å². The zero-order chi connectivity index (χ0) is 21.7. The first kappa shape index (κ1) is 21.4. The standard InChI is InChI=1S/C23H24N2O4S/c1-17-13-14-19(15-18(17)2)25(30(27,28)20-9-5-4-6-10-20)16-23(26)24-21-11-7-8-12-22(21)29-3/h4-15H,16H2,1-3H3,(H,24,26). The Balaban J connectivity index is 1.97. The summed E-state index contributed by atoms with van der Waals surface area (Å²) in [5, 5.41) is 2.74. The number of hydrogen-bond donors (Lipinski definition) is 1. The molecular formula is C23H24N2O4S. The summed E-state index contributed by atoms with van der Waals surface area (Å²) < 4.78 is 33.1. The van der Waals surface area contributed by atoms with Gasteiger partial charge in [0.15, 0.2) is 0 Å². The van der Waals surface area contributed by atoms with Gasteiger partial charge in [0, 0.05) is 0 Å². The highest BCUT2D eigenvalue weighted by Gasteiger charge is 2.27. The van der Waals surface area contributed by atoms with E-state index >= 15 is 0 Å². The van der Waals surface area contributed by atoms with Gasteiger partial charge in [-0.1, -0.05) is 36.4 Å². The Morgan fingerprint density at radius 3 is 2.27 bits per heavy atom. The maximum Gasteiger partial charge on any atom is 0.264 e. The third kappa shape index (κ3) is 4.63. The number of benzene rings is 3. The highest BCUT2D eigenvalue weighted by molar-refractivity contribution is 7.92. The lowest BCUT2D eigenvalue weighted by Crippen LogP contribution is -2.38. The summed E-state index contributed by atoms with van der Waals surface area (Å²) in [6.07, 6.45) is 0. The second-order valence-electron chi connectivity index (χ2n) is 6.84. The molecule has 0 unspecified atom stereocenters. The highest BCUT2D eigenvalue weighted by atomic mass is 32.2. The normalized spacial score (nSPS) is 11.0. The molecule has 0 aliphatic heterocycles. The fourth-order valence-electron chi connectivity index (χ4n) is 2.98. The van der Waals surface area contributed by atoms with Crippen molar-refractivity contribution in [2.75, 3.05) is 23.3 Å². The largest absolute Gasteiger partial charge is 0.495 e. The molecule has 0 aromatic heterocycles. The minimum atomic E-state index is -3.95. The SMILES string of the molecule is COc1ccccc1NC(=O)CN(c1ccc(C)c(C)c1)S(=O)(=O)c1ccccc1. The zero-order valence-electron chi connectivity index (χ0n) is 17.1. The second kappa shape index (κ2) is 9.00. The molecule has 30 heavy (non-hydrogen) atoms. The highest BCUT2D eigenvalue weighted by Crippen LogP contribution is 2.27. The number of rotatable bonds is 7. The number of aryl methyl sites for hydroxylation is 2. The predicted molar refractivity (Wildman–Crippen MR) is 119 cm³/mol. The molecule has 156 valence electrons. The van der Waals surface area contributed by atoms with Crippen molar-refractivity contribution in [2.24, 2.45) is 0 Å². The summed E-state index contributed by atoms with van der Waals surface area (Å²) in [6, 6.07) is 20.4. The Kier molecular flexibility index (Phi) is 6.42. The van der Waals surface area contributed by atoms with Gasteiger partial charge in [0.05, 0.1) is 23.4 Å².